The number of hydrogen-bond acceptors (Lipinski definition) is 2. The fourth-order valence-electron chi connectivity index (χ4n) is 2.21. The summed E-state index contributed by atoms with van der Waals surface area (Å²) in [5, 5.41) is 0. The van der Waals surface area contributed by atoms with Crippen LogP contribution in [0.5, 0.6) is 0 Å². The first-order chi connectivity index (χ1) is 7.22. The molecule has 0 saturated heterocycles. The first-order valence-electron chi connectivity index (χ1n) is 5.33. The monoisotopic (exact) mass is 201 g/mol. The normalized spacial score (nSPS) is 23.5. The number of para-hydroxylation sites is 1. The van der Waals surface area contributed by atoms with Gasteiger partial charge in [-0.2, -0.15) is 0 Å². The SMILES string of the molecule is CCC1(C)C(CC=O)=Nc2ccccc21. The summed E-state index contributed by atoms with van der Waals surface area (Å²) < 4.78 is 0. The van der Waals surface area contributed by atoms with E-state index in [0.29, 0.717) is 6.42 Å². The quantitative estimate of drug-likeness (QED) is 0.691. The molecule has 0 aliphatic carbocycles. The lowest BCUT2D eigenvalue weighted by Gasteiger charge is -2.25. The van der Waals surface area contributed by atoms with Crippen LogP contribution in [0.15, 0.2) is 29.3 Å². The number of nitrogens with zero attached hydrogens (tertiary/aromatic N) is 1. The zero-order valence-corrected chi connectivity index (χ0v) is 9.16. The van der Waals surface area contributed by atoms with Crippen LogP contribution >= 0.6 is 0 Å². The Bertz CT molecular complexity index is 422. The number of aliphatic imine (C=N–C) groups is 1. The summed E-state index contributed by atoms with van der Waals surface area (Å²) in [6.45, 7) is 4.31. The third kappa shape index (κ3) is 1.41. The van der Waals surface area contributed by atoms with Crippen LogP contribution in [0, 0.1) is 0 Å². The van der Waals surface area contributed by atoms with Crippen molar-refractivity contribution < 1.29 is 4.79 Å². The molecule has 1 aliphatic heterocycles. The molecule has 1 aliphatic rings. The molecule has 1 aromatic rings. The van der Waals surface area contributed by atoms with Gasteiger partial charge >= 0.3 is 0 Å². The van der Waals surface area contributed by atoms with Gasteiger partial charge in [0.25, 0.3) is 0 Å². The highest BCUT2D eigenvalue weighted by Crippen LogP contribution is 2.42. The first kappa shape index (κ1) is 10.1. The molecule has 0 bridgehead atoms. The Balaban J connectivity index is 2.52. The number of carbonyl (C=O) groups excluding carboxylic acids is 1. The Kier molecular flexibility index (Phi) is 2.43. The van der Waals surface area contributed by atoms with Gasteiger partial charge in [0.15, 0.2) is 0 Å². The number of rotatable bonds is 3. The summed E-state index contributed by atoms with van der Waals surface area (Å²) in [5.74, 6) is 0. The van der Waals surface area contributed by atoms with Gasteiger partial charge in [0.1, 0.15) is 6.29 Å². The van der Waals surface area contributed by atoms with Crippen molar-refractivity contribution in [2.75, 3.05) is 0 Å². The zero-order valence-electron chi connectivity index (χ0n) is 9.16. The van der Waals surface area contributed by atoms with E-state index in [0.717, 1.165) is 24.1 Å². The smallest absolute Gasteiger partial charge is 0.125 e. The highest BCUT2D eigenvalue weighted by atomic mass is 16.1. The van der Waals surface area contributed by atoms with Gasteiger partial charge in [-0.3, -0.25) is 4.99 Å². The van der Waals surface area contributed by atoms with Crippen molar-refractivity contribution in [2.24, 2.45) is 4.99 Å². The molecule has 0 aromatic heterocycles. The van der Waals surface area contributed by atoms with E-state index in [1.807, 2.05) is 18.2 Å². The van der Waals surface area contributed by atoms with Crippen LogP contribution in [-0.4, -0.2) is 12.0 Å². The van der Waals surface area contributed by atoms with Gasteiger partial charge in [0, 0.05) is 17.5 Å². The molecule has 0 radical (unpaired) electrons. The Labute approximate surface area is 90.0 Å². The summed E-state index contributed by atoms with van der Waals surface area (Å²) in [5.41, 5.74) is 3.24. The van der Waals surface area contributed by atoms with E-state index in [-0.39, 0.29) is 5.41 Å². The molecule has 15 heavy (non-hydrogen) atoms. The van der Waals surface area contributed by atoms with Gasteiger partial charge in [0.05, 0.1) is 5.69 Å². The van der Waals surface area contributed by atoms with Crippen molar-refractivity contribution in [1.29, 1.82) is 0 Å². The molecule has 2 rings (SSSR count). The average molecular weight is 201 g/mol. The van der Waals surface area contributed by atoms with E-state index < -0.39 is 0 Å². The largest absolute Gasteiger partial charge is 0.303 e. The molecule has 0 spiro atoms. The summed E-state index contributed by atoms with van der Waals surface area (Å²) in [6.07, 6.45) is 2.37. The minimum Gasteiger partial charge on any atom is -0.303 e. The Morgan fingerprint density at radius 2 is 2.13 bits per heavy atom. The lowest BCUT2D eigenvalue weighted by Crippen LogP contribution is -2.28. The molecule has 1 aromatic carbocycles. The van der Waals surface area contributed by atoms with E-state index in [4.69, 9.17) is 0 Å². The van der Waals surface area contributed by atoms with E-state index in [1.54, 1.807) is 0 Å². The van der Waals surface area contributed by atoms with Gasteiger partial charge in [-0.1, -0.05) is 32.0 Å². The van der Waals surface area contributed by atoms with Gasteiger partial charge in [0.2, 0.25) is 0 Å². The zero-order chi connectivity index (χ0) is 10.9. The average Bonchev–Trinajstić information content (AvgIpc) is 2.55. The summed E-state index contributed by atoms with van der Waals surface area (Å²) in [6, 6.07) is 8.15. The minimum atomic E-state index is -0.0441. The molecule has 1 atom stereocenters. The maximum Gasteiger partial charge on any atom is 0.125 e. The van der Waals surface area contributed by atoms with Gasteiger partial charge in [-0.25, -0.2) is 0 Å². The fraction of sp³-hybridized carbons (Fsp3) is 0.385. The third-order valence-electron chi connectivity index (χ3n) is 3.37. The first-order valence-corrected chi connectivity index (χ1v) is 5.33. The minimum absolute atomic E-state index is 0.0441. The van der Waals surface area contributed by atoms with Crippen molar-refractivity contribution in [1.82, 2.24) is 0 Å². The Morgan fingerprint density at radius 1 is 1.40 bits per heavy atom. The Morgan fingerprint density at radius 3 is 2.80 bits per heavy atom. The predicted octanol–water partition coefficient (Wildman–Crippen LogP) is 3.03. The number of benzene rings is 1. The highest BCUT2D eigenvalue weighted by Gasteiger charge is 2.36. The highest BCUT2D eigenvalue weighted by molar-refractivity contribution is 6.06. The summed E-state index contributed by atoms with van der Waals surface area (Å²) in [7, 11) is 0. The molecule has 2 heteroatoms. The predicted molar refractivity (Wildman–Crippen MR) is 61.9 cm³/mol. The van der Waals surface area contributed by atoms with Gasteiger partial charge < -0.3 is 4.79 Å². The molecular formula is C13H15NO. The summed E-state index contributed by atoms with van der Waals surface area (Å²) >= 11 is 0. The van der Waals surface area contributed by atoms with Gasteiger partial charge in [-0.15, -0.1) is 0 Å². The standard InChI is InChI=1S/C13H15NO/c1-3-13(2)10-6-4-5-7-11(10)14-12(13)8-9-15/h4-7,9H,3,8H2,1-2H3. The Hall–Kier alpha value is -1.44. The van der Waals surface area contributed by atoms with E-state index >= 15 is 0 Å². The lowest BCUT2D eigenvalue weighted by molar-refractivity contribution is -0.106. The second kappa shape index (κ2) is 3.61. The lowest BCUT2D eigenvalue weighted by atomic mass is 9.76. The van der Waals surface area contributed by atoms with Crippen LogP contribution in [0.4, 0.5) is 5.69 Å². The second-order valence-corrected chi connectivity index (χ2v) is 4.13. The molecule has 0 N–H and O–H groups in total. The molecule has 0 fully saturated rings. The maximum absolute atomic E-state index is 10.6. The van der Waals surface area contributed by atoms with Crippen molar-refractivity contribution in [3.63, 3.8) is 0 Å². The van der Waals surface area contributed by atoms with Gasteiger partial charge in [-0.05, 0) is 18.1 Å². The topological polar surface area (TPSA) is 29.4 Å². The van der Waals surface area contributed by atoms with Crippen LogP contribution in [0.25, 0.3) is 0 Å². The van der Waals surface area contributed by atoms with E-state index in [9.17, 15) is 4.79 Å². The van der Waals surface area contributed by atoms with Crippen LogP contribution in [0.2, 0.25) is 0 Å². The molecule has 1 unspecified atom stereocenters. The van der Waals surface area contributed by atoms with Crippen LogP contribution < -0.4 is 0 Å². The second-order valence-electron chi connectivity index (χ2n) is 4.13. The third-order valence-corrected chi connectivity index (χ3v) is 3.37. The van der Waals surface area contributed by atoms with Crippen molar-refractivity contribution in [2.45, 2.75) is 32.1 Å². The van der Waals surface area contributed by atoms with Crippen molar-refractivity contribution in [3.05, 3.63) is 29.8 Å². The molecule has 2 nitrogen and oxygen atoms in total. The summed E-state index contributed by atoms with van der Waals surface area (Å²) in [4.78, 5) is 15.2. The molecule has 0 amide bonds. The fourth-order valence-corrected chi connectivity index (χ4v) is 2.21. The van der Waals surface area contributed by atoms with E-state index in [1.165, 1.54) is 5.56 Å². The molecule has 1 heterocycles. The van der Waals surface area contributed by atoms with Crippen molar-refractivity contribution >= 4 is 17.7 Å². The van der Waals surface area contributed by atoms with Crippen LogP contribution in [-0.2, 0) is 10.2 Å². The maximum atomic E-state index is 10.6. The molecule has 0 saturated carbocycles. The van der Waals surface area contributed by atoms with Crippen LogP contribution in [0.3, 0.4) is 0 Å². The number of aldehydes is 1. The van der Waals surface area contributed by atoms with Crippen molar-refractivity contribution in [3.8, 4) is 0 Å². The number of carbonyl (C=O) groups is 1. The molecule has 78 valence electrons. The number of hydrogen-bond donors (Lipinski definition) is 0. The van der Waals surface area contributed by atoms with E-state index in [2.05, 4.69) is 24.9 Å². The molecular weight excluding hydrogens is 186 g/mol. The van der Waals surface area contributed by atoms with Crippen LogP contribution in [0.1, 0.15) is 32.3 Å². The number of fused-ring (bicyclic) bond motifs is 1.